The summed E-state index contributed by atoms with van der Waals surface area (Å²) in [6.07, 6.45) is -1.99. The fourth-order valence-electron chi connectivity index (χ4n) is 2.21. The summed E-state index contributed by atoms with van der Waals surface area (Å²) in [5.41, 5.74) is 6.25. The zero-order valence-electron chi connectivity index (χ0n) is 11.0. The number of rotatable bonds is 5. The molecule has 8 heteroatoms. The van der Waals surface area contributed by atoms with Crippen LogP contribution in [0.15, 0.2) is 18.2 Å². The highest BCUT2D eigenvalue weighted by molar-refractivity contribution is 6.05. The maximum absolute atomic E-state index is 12.0. The van der Waals surface area contributed by atoms with E-state index in [2.05, 4.69) is 10.7 Å². The van der Waals surface area contributed by atoms with Crippen LogP contribution in [0.25, 0.3) is 0 Å². The van der Waals surface area contributed by atoms with Gasteiger partial charge in [0.2, 0.25) is 5.91 Å². The SMILES string of the molecule is COC(OC)C1C(=O)Nc2cccc(NNC(=O)O)c21. The number of ether oxygens (including phenoxy) is 2. The zero-order chi connectivity index (χ0) is 14.7. The Hall–Kier alpha value is -2.32. The number of carboxylic acid groups (broad SMARTS) is 1. The summed E-state index contributed by atoms with van der Waals surface area (Å²) >= 11 is 0. The number of hydrazine groups is 1. The number of hydrogen-bond donors (Lipinski definition) is 4. The molecule has 0 radical (unpaired) electrons. The summed E-state index contributed by atoms with van der Waals surface area (Å²) in [5, 5.41) is 11.3. The van der Waals surface area contributed by atoms with Crippen LogP contribution in [0.4, 0.5) is 16.2 Å². The van der Waals surface area contributed by atoms with Gasteiger partial charge >= 0.3 is 6.09 Å². The predicted molar refractivity (Wildman–Crippen MR) is 70.4 cm³/mol. The molecule has 8 nitrogen and oxygen atoms in total. The number of benzene rings is 1. The maximum Gasteiger partial charge on any atom is 0.423 e. The second-order valence-corrected chi connectivity index (χ2v) is 4.13. The predicted octanol–water partition coefficient (Wildman–Crippen LogP) is 0.936. The molecular formula is C12H15N3O5. The van der Waals surface area contributed by atoms with Gasteiger partial charge in [-0.3, -0.25) is 10.2 Å². The molecule has 1 aliphatic heterocycles. The summed E-state index contributed by atoms with van der Waals surface area (Å²) < 4.78 is 10.3. The van der Waals surface area contributed by atoms with Crippen molar-refractivity contribution < 1.29 is 24.2 Å². The van der Waals surface area contributed by atoms with Crippen molar-refractivity contribution in [3.05, 3.63) is 23.8 Å². The average Bonchev–Trinajstić information content (AvgIpc) is 2.75. The first-order valence-corrected chi connectivity index (χ1v) is 5.82. The van der Waals surface area contributed by atoms with Crippen molar-refractivity contribution in [2.24, 2.45) is 0 Å². The molecule has 1 aromatic carbocycles. The van der Waals surface area contributed by atoms with E-state index in [-0.39, 0.29) is 5.91 Å². The van der Waals surface area contributed by atoms with Gasteiger partial charge in [-0.05, 0) is 12.1 Å². The number of methoxy groups -OCH3 is 2. The van der Waals surface area contributed by atoms with E-state index in [0.717, 1.165) is 0 Å². The van der Waals surface area contributed by atoms with Crippen molar-refractivity contribution in [1.82, 2.24) is 5.43 Å². The van der Waals surface area contributed by atoms with Crippen molar-refractivity contribution in [3.63, 3.8) is 0 Å². The van der Waals surface area contributed by atoms with E-state index in [4.69, 9.17) is 14.6 Å². The van der Waals surface area contributed by atoms with E-state index >= 15 is 0 Å². The minimum Gasteiger partial charge on any atom is -0.464 e. The quantitative estimate of drug-likeness (QED) is 0.472. The lowest BCUT2D eigenvalue weighted by atomic mass is 9.98. The van der Waals surface area contributed by atoms with Crippen LogP contribution >= 0.6 is 0 Å². The number of fused-ring (bicyclic) bond motifs is 1. The van der Waals surface area contributed by atoms with Gasteiger partial charge in [-0.1, -0.05) is 6.07 Å². The Balaban J connectivity index is 2.37. The number of amides is 2. The Morgan fingerprint density at radius 3 is 2.70 bits per heavy atom. The van der Waals surface area contributed by atoms with E-state index in [0.29, 0.717) is 16.9 Å². The zero-order valence-corrected chi connectivity index (χ0v) is 11.0. The highest BCUT2D eigenvalue weighted by Gasteiger charge is 2.39. The largest absolute Gasteiger partial charge is 0.464 e. The molecule has 1 aliphatic rings. The molecule has 0 aromatic heterocycles. The fourth-order valence-corrected chi connectivity index (χ4v) is 2.21. The molecule has 0 saturated carbocycles. The minimum atomic E-state index is -1.23. The first kappa shape index (κ1) is 14.1. The molecule has 1 unspecified atom stereocenters. The van der Waals surface area contributed by atoms with E-state index < -0.39 is 18.3 Å². The number of carbonyl (C=O) groups excluding carboxylic acids is 1. The van der Waals surface area contributed by atoms with Gasteiger partial charge in [0.25, 0.3) is 0 Å². The van der Waals surface area contributed by atoms with E-state index in [1.165, 1.54) is 14.2 Å². The van der Waals surface area contributed by atoms with Crippen molar-refractivity contribution in [2.45, 2.75) is 12.2 Å². The van der Waals surface area contributed by atoms with Crippen molar-refractivity contribution in [3.8, 4) is 0 Å². The van der Waals surface area contributed by atoms with Crippen LogP contribution in [0.3, 0.4) is 0 Å². The molecule has 0 spiro atoms. The molecule has 1 aromatic rings. The number of anilines is 2. The molecule has 0 bridgehead atoms. The van der Waals surface area contributed by atoms with E-state index in [1.54, 1.807) is 18.2 Å². The highest BCUT2D eigenvalue weighted by Crippen LogP contribution is 2.40. The lowest BCUT2D eigenvalue weighted by molar-refractivity contribution is -0.140. The molecule has 0 aliphatic carbocycles. The molecular weight excluding hydrogens is 266 g/mol. The molecule has 1 heterocycles. The van der Waals surface area contributed by atoms with Gasteiger partial charge in [0, 0.05) is 25.5 Å². The summed E-state index contributed by atoms with van der Waals surface area (Å²) in [6.45, 7) is 0. The lowest BCUT2D eigenvalue weighted by Gasteiger charge is -2.21. The van der Waals surface area contributed by atoms with Gasteiger partial charge in [-0.2, -0.15) is 0 Å². The highest BCUT2D eigenvalue weighted by atomic mass is 16.7. The molecule has 1 atom stereocenters. The maximum atomic E-state index is 12.0. The molecule has 0 saturated heterocycles. The molecule has 20 heavy (non-hydrogen) atoms. The van der Waals surface area contributed by atoms with Crippen LogP contribution in [0.1, 0.15) is 11.5 Å². The van der Waals surface area contributed by atoms with Crippen LogP contribution in [0.5, 0.6) is 0 Å². The fraction of sp³-hybridized carbons (Fsp3) is 0.333. The van der Waals surface area contributed by atoms with Gasteiger partial charge in [-0.15, -0.1) is 0 Å². The standard InChI is InChI=1S/C12H15N3O5/c1-19-11(20-2)9-8-6(13-10(9)16)4-3-5-7(8)14-15-12(17)18/h3-5,9,11,14-15H,1-2H3,(H,13,16)(H,17,18). The summed E-state index contributed by atoms with van der Waals surface area (Å²) in [4.78, 5) is 22.6. The second kappa shape index (κ2) is 5.76. The third kappa shape index (κ3) is 2.51. The third-order valence-corrected chi connectivity index (χ3v) is 3.00. The Kier molecular flexibility index (Phi) is 4.06. The summed E-state index contributed by atoms with van der Waals surface area (Å²) in [7, 11) is 2.87. The smallest absolute Gasteiger partial charge is 0.423 e. The Morgan fingerprint density at radius 1 is 1.40 bits per heavy atom. The van der Waals surface area contributed by atoms with Gasteiger partial charge in [0.1, 0.15) is 5.92 Å². The van der Waals surface area contributed by atoms with Crippen LogP contribution in [-0.2, 0) is 14.3 Å². The van der Waals surface area contributed by atoms with E-state index in [1.807, 2.05) is 5.43 Å². The number of hydrogen-bond acceptors (Lipinski definition) is 5. The number of carbonyl (C=O) groups is 2. The summed E-state index contributed by atoms with van der Waals surface area (Å²) in [5.74, 6) is -0.947. The Morgan fingerprint density at radius 2 is 2.10 bits per heavy atom. The monoisotopic (exact) mass is 281 g/mol. The first-order valence-electron chi connectivity index (χ1n) is 5.82. The lowest BCUT2D eigenvalue weighted by Crippen LogP contribution is -2.31. The topological polar surface area (TPSA) is 109 Å². The van der Waals surface area contributed by atoms with Gasteiger partial charge in [0.05, 0.1) is 5.69 Å². The Labute approximate surface area is 115 Å². The third-order valence-electron chi connectivity index (χ3n) is 3.00. The van der Waals surface area contributed by atoms with Gasteiger partial charge in [-0.25, -0.2) is 10.2 Å². The molecule has 0 fully saturated rings. The average molecular weight is 281 g/mol. The number of nitrogens with one attached hydrogen (secondary N) is 3. The molecule has 108 valence electrons. The minimum absolute atomic E-state index is 0.265. The second-order valence-electron chi connectivity index (χ2n) is 4.13. The van der Waals surface area contributed by atoms with Crippen molar-refractivity contribution in [2.75, 3.05) is 25.0 Å². The van der Waals surface area contributed by atoms with Crippen LogP contribution < -0.4 is 16.2 Å². The molecule has 2 rings (SSSR count). The van der Waals surface area contributed by atoms with Crippen molar-refractivity contribution in [1.29, 1.82) is 0 Å². The normalized spacial score (nSPS) is 16.8. The molecule has 2 amide bonds. The van der Waals surface area contributed by atoms with E-state index in [9.17, 15) is 9.59 Å². The summed E-state index contributed by atoms with van der Waals surface area (Å²) in [6, 6.07) is 5.08. The molecule has 4 N–H and O–H groups in total. The van der Waals surface area contributed by atoms with Crippen LogP contribution in [0.2, 0.25) is 0 Å². The Bertz CT molecular complexity index is 530. The van der Waals surface area contributed by atoms with Crippen LogP contribution in [0, 0.1) is 0 Å². The first-order chi connectivity index (χ1) is 9.58. The van der Waals surface area contributed by atoms with Crippen molar-refractivity contribution >= 4 is 23.4 Å². The van der Waals surface area contributed by atoms with Crippen LogP contribution in [-0.4, -0.2) is 37.6 Å². The van der Waals surface area contributed by atoms with Gasteiger partial charge in [0.15, 0.2) is 6.29 Å². The van der Waals surface area contributed by atoms with Gasteiger partial charge < -0.3 is 19.9 Å².